The molecule has 0 aliphatic carbocycles. The summed E-state index contributed by atoms with van der Waals surface area (Å²) in [6.07, 6.45) is 0. The first kappa shape index (κ1) is 5.06. The average molecular weight is 100 g/mol. The minimum absolute atomic E-state index is 0.250. The van der Waals surface area contributed by atoms with Gasteiger partial charge in [0.2, 0.25) is 0 Å². The molecule has 1 heterocycles. The molecule has 1 aliphatic heterocycles. The molecular weight excluding hydrogens is 88.1 g/mol. The van der Waals surface area contributed by atoms with E-state index in [1.165, 1.54) is 0 Å². The summed E-state index contributed by atoms with van der Waals surface area (Å²) in [7, 11) is 0. The van der Waals surface area contributed by atoms with E-state index in [1.807, 2.05) is 0 Å². The van der Waals surface area contributed by atoms with E-state index in [0.717, 1.165) is 0 Å². The zero-order valence-electron chi connectivity index (χ0n) is 5.08. The van der Waals surface area contributed by atoms with Crippen LogP contribution in [0.2, 0.25) is 0 Å². The highest BCUT2D eigenvalue weighted by Crippen LogP contribution is 2.18. The Kier molecular flexibility index (Phi) is 0.869. The second-order valence-corrected chi connectivity index (χ2v) is 2.61. The molecular formula is C5H12N2. The van der Waals surface area contributed by atoms with Crippen molar-refractivity contribution in [1.29, 1.82) is 0 Å². The van der Waals surface area contributed by atoms with Crippen LogP contribution in [0.25, 0.3) is 0 Å². The second-order valence-electron chi connectivity index (χ2n) is 2.61. The number of nitrogens with one attached hydrogen (secondary N) is 2. The van der Waals surface area contributed by atoms with E-state index < -0.39 is 0 Å². The quantitative estimate of drug-likeness (QED) is 0.470. The largest absolute Gasteiger partial charge is 0.235 e. The fraction of sp³-hybridized carbons (Fsp3) is 1.00. The smallest absolute Gasteiger partial charge is 0.0938 e. The molecule has 0 amide bonds. The third-order valence-electron chi connectivity index (χ3n) is 1.67. The number of hydrazine groups is 1. The van der Waals surface area contributed by atoms with Crippen LogP contribution in [0, 0.1) is 5.92 Å². The third kappa shape index (κ3) is 0.763. The summed E-state index contributed by atoms with van der Waals surface area (Å²) in [5.41, 5.74) is 6.37. The van der Waals surface area contributed by atoms with Gasteiger partial charge in [0.25, 0.3) is 0 Å². The predicted molar refractivity (Wildman–Crippen MR) is 29.5 cm³/mol. The van der Waals surface area contributed by atoms with Crippen LogP contribution in [0.4, 0.5) is 0 Å². The van der Waals surface area contributed by atoms with Crippen molar-refractivity contribution in [2.24, 2.45) is 5.92 Å². The molecule has 0 aromatic rings. The molecule has 7 heavy (non-hydrogen) atoms. The Morgan fingerprint density at radius 2 is 1.71 bits per heavy atom. The molecule has 0 saturated carbocycles. The van der Waals surface area contributed by atoms with E-state index in [2.05, 4.69) is 31.6 Å². The Balaban J connectivity index is 2.39. The number of hydrogen-bond donors (Lipinski definition) is 2. The molecule has 0 spiro atoms. The summed E-state index contributed by atoms with van der Waals surface area (Å²) < 4.78 is 0. The van der Waals surface area contributed by atoms with E-state index >= 15 is 0 Å². The van der Waals surface area contributed by atoms with Crippen molar-refractivity contribution in [3.05, 3.63) is 0 Å². The number of rotatable bonds is 1. The van der Waals surface area contributed by atoms with Gasteiger partial charge in [0.1, 0.15) is 0 Å². The topological polar surface area (TPSA) is 43.9 Å². The molecule has 0 radical (unpaired) electrons. The van der Waals surface area contributed by atoms with Gasteiger partial charge in [0.15, 0.2) is 0 Å². The maximum absolute atomic E-state index is 3.06. The van der Waals surface area contributed by atoms with Crippen LogP contribution >= 0.6 is 0 Å². The van der Waals surface area contributed by atoms with E-state index in [1.54, 1.807) is 0 Å². The van der Waals surface area contributed by atoms with Crippen LogP contribution in [0.5, 0.6) is 0 Å². The number of hydrogen-bond acceptors (Lipinski definition) is 2. The molecule has 0 atom stereocenters. The van der Waals surface area contributed by atoms with E-state index in [-0.39, 0.29) is 5.66 Å². The fourth-order valence-corrected chi connectivity index (χ4v) is 0.387. The molecule has 2 N–H and O–H groups in total. The van der Waals surface area contributed by atoms with Gasteiger partial charge in [-0.2, -0.15) is 0 Å². The van der Waals surface area contributed by atoms with E-state index in [4.69, 9.17) is 0 Å². The Morgan fingerprint density at radius 3 is 1.71 bits per heavy atom. The molecule has 1 saturated heterocycles. The van der Waals surface area contributed by atoms with Crippen LogP contribution in [0.1, 0.15) is 20.8 Å². The van der Waals surface area contributed by atoms with Gasteiger partial charge in [0, 0.05) is 0 Å². The van der Waals surface area contributed by atoms with Crippen molar-refractivity contribution in [2.45, 2.75) is 26.4 Å². The lowest BCUT2D eigenvalue weighted by Gasteiger charge is -2.06. The van der Waals surface area contributed by atoms with Crippen molar-refractivity contribution >= 4 is 0 Å². The first-order valence-corrected chi connectivity index (χ1v) is 2.69. The van der Waals surface area contributed by atoms with Crippen molar-refractivity contribution in [2.75, 3.05) is 0 Å². The van der Waals surface area contributed by atoms with Crippen LogP contribution in [-0.2, 0) is 0 Å². The summed E-state index contributed by atoms with van der Waals surface area (Å²) in [4.78, 5) is 0. The second kappa shape index (κ2) is 1.20. The maximum atomic E-state index is 3.06. The van der Waals surface area contributed by atoms with Gasteiger partial charge >= 0.3 is 0 Å². The Labute approximate surface area is 44.3 Å². The Morgan fingerprint density at radius 1 is 1.29 bits per heavy atom. The lowest BCUT2D eigenvalue weighted by molar-refractivity contribution is 0.474. The summed E-state index contributed by atoms with van der Waals surface area (Å²) >= 11 is 0. The van der Waals surface area contributed by atoms with Gasteiger partial charge in [-0.1, -0.05) is 13.8 Å². The lowest BCUT2D eigenvalue weighted by Crippen LogP contribution is -2.19. The SMILES string of the molecule is CC(C)C1(C)NN1. The van der Waals surface area contributed by atoms with Gasteiger partial charge in [0.05, 0.1) is 5.66 Å². The molecule has 0 bridgehead atoms. The highest BCUT2D eigenvalue weighted by atomic mass is 15.7. The summed E-state index contributed by atoms with van der Waals surface area (Å²) in [6.45, 7) is 6.53. The summed E-state index contributed by atoms with van der Waals surface area (Å²) in [5, 5.41) is 0. The molecule has 2 nitrogen and oxygen atoms in total. The van der Waals surface area contributed by atoms with Gasteiger partial charge in [-0.3, -0.25) is 0 Å². The minimum Gasteiger partial charge on any atom is -0.235 e. The Hall–Kier alpha value is -0.0800. The van der Waals surface area contributed by atoms with Gasteiger partial charge in [-0.15, -0.1) is 0 Å². The first-order valence-electron chi connectivity index (χ1n) is 2.69. The maximum Gasteiger partial charge on any atom is 0.0938 e. The lowest BCUT2D eigenvalue weighted by atomic mass is 10.0. The minimum atomic E-state index is 0.250. The van der Waals surface area contributed by atoms with Crippen molar-refractivity contribution in [1.82, 2.24) is 10.9 Å². The van der Waals surface area contributed by atoms with Crippen LogP contribution < -0.4 is 10.9 Å². The molecule has 2 heteroatoms. The monoisotopic (exact) mass is 100 g/mol. The summed E-state index contributed by atoms with van der Waals surface area (Å²) in [5.74, 6) is 0.687. The van der Waals surface area contributed by atoms with Crippen LogP contribution in [0.3, 0.4) is 0 Å². The molecule has 0 unspecified atom stereocenters. The summed E-state index contributed by atoms with van der Waals surface area (Å²) in [6, 6.07) is 0. The molecule has 42 valence electrons. The predicted octanol–water partition coefficient (Wildman–Crippen LogP) is 0.466. The first-order chi connectivity index (χ1) is 3.15. The van der Waals surface area contributed by atoms with E-state index in [0.29, 0.717) is 5.92 Å². The molecule has 1 fully saturated rings. The molecule has 0 aromatic carbocycles. The van der Waals surface area contributed by atoms with Crippen molar-refractivity contribution in [3.63, 3.8) is 0 Å². The fourth-order valence-electron chi connectivity index (χ4n) is 0.387. The zero-order valence-corrected chi connectivity index (χ0v) is 5.08. The third-order valence-corrected chi connectivity index (χ3v) is 1.67. The average Bonchev–Trinajstić information content (AvgIpc) is 2.21. The normalized spacial score (nSPS) is 25.7. The van der Waals surface area contributed by atoms with Gasteiger partial charge < -0.3 is 0 Å². The molecule has 1 aliphatic rings. The van der Waals surface area contributed by atoms with Crippen molar-refractivity contribution in [3.8, 4) is 0 Å². The van der Waals surface area contributed by atoms with Crippen LogP contribution in [-0.4, -0.2) is 5.66 Å². The van der Waals surface area contributed by atoms with E-state index in [9.17, 15) is 0 Å². The van der Waals surface area contributed by atoms with Crippen LogP contribution in [0.15, 0.2) is 0 Å². The zero-order chi connectivity index (χ0) is 5.49. The molecule has 1 rings (SSSR count). The van der Waals surface area contributed by atoms with Crippen molar-refractivity contribution < 1.29 is 0 Å². The highest BCUT2D eigenvalue weighted by Gasteiger charge is 2.38. The highest BCUT2D eigenvalue weighted by molar-refractivity contribution is 4.91. The Bertz CT molecular complexity index is 74.1. The van der Waals surface area contributed by atoms with Gasteiger partial charge in [-0.05, 0) is 12.8 Å². The molecule has 0 aromatic heterocycles. The standard InChI is InChI=1S/C5H12N2/c1-4(2)5(3)6-7-5/h4,6-7H,1-3H3. The van der Waals surface area contributed by atoms with Gasteiger partial charge in [-0.25, -0.2) is 10.9 Å².